The first kappa shape index (κ1) is 10.9. The Morgan fingerprint density at radius 2 is 2.00 bits per heavy atom. The number of anilines is 1. The average molecular weight is 291 g/mol. The highest BCUT2D eigenvalue weighted by Crippen LogP contribution is 2.25. The number of hydrogen-bond acceptors (Lipinski definition) is 4. The van der Waals surface area contributed by atoms with Gasteiger partial charge in [-0.05, 0) is 22.0 Å². The molecule has 1 aromatic rings. The molecule has 1 fully saturated rings. The fourth-order valence-corrected chi connectivity index (χ4v) is 3.28. The maximum absolute atomic E-state index is 11.3. The summed E-state index contributed by atoms with van der Waals surface area (Å²) in [5.74, 6) is 0.476. The monoisotopic (exact) mass is 290 g/mol. The summed E-state index contributed by atoms with van der Waals surface area (Å²) in [5, 5.41) is 0. The molecule has 4 nitrogen and oxygen atoms in total. The Morgan fingerprint density at radius 1 is 1.33 bits per heavy atom. The van der Waals surface area contributed by atoms with Gasteiger partial charge in [0.15, 0.2) is 9.84 Å². The molecule has 2 heterocycles. The fraction of sp³-hybridized carbons (Fsp3) is 0.444. The minimum absolute atomic E-state index is 0.238. The van der Waals surface area contributed by atoms with E-state index in [9.17, 15) is 8.42 Å². The van der Waals surface area contributed by atoms with Gasteiger partial charge in [-0.1, -0.05) is 0 Å². The molecule has 0 amide bonds. The summed E-state index contributed by atoms with van der Waals surface area (Å²) in [4.78, 5) is 6.04. The van der Waals surface area contributed by atoms with E-state index in [-0.39, 0.29) is 11.5 Å². The lowest BCUT2D eigenvalue weighted by atomic mass is 10.3. The van der Waals surface area contributed by atoms with Crippen LogP contribution >= 0.6 is 15.9 Å². The molecule has 0 radical (unpaired) electrons. The van der Waals surface area contributed by atoms with Crippen LogP contribution in [0.1, 0.15) is 0 Å². The molecule has 15 heavy (non-hydrogen) atoms. The summed E-state index contributed by atoms with van der Waals surface area (Å²) in [6, 6.07) is 1.89. The predicted molar refractivity (Wildman–Crippen MR) is 62.8 cm³/mol. The molecule has 1 aliphatic rings. The summed E-state index contributed by atoms with van der Waals surface area (Å²) in [6.07, 6.45) is 3.43. The molecule has 0 spiro atoms. The van der Waals surface area contributed by atoms with E-state index in [4.69, 9.17) is 0 Å². The minimum atomic E-state index is -2.81. The molecule has 0 N–H and O–H groups in total. The molecular formula is C9H11BrN2O2S. The number of rotatable bonds is 1. The molecule has 0 unspecified atom stereocenters. The molecule has 0 aliphatic carbocycles. The molecule has 1 saturated heterocycles. The SMILES string of the molecule is O=S1(=O)CCN(c2ccncc2Br)CC1. The van der Waals surface area contributed by atoms with Gasteiger partial charge in [-0.25, -0.2) is 8.42 Å². The van der Waals surface area contributed by atoms with Crippen LogP contribution in [0.3, 0.4) is 0 Å². The van der Waals surface area contributed by atoms with Crippen molar-refractivity contribution in [3.05, 3.63) is 22.9 Å². The van der Waals surface area contributed by atoms with Gasteiger partial charge < -0.3 is 4.90 Å². The number of aromatic nitrogens is 1. The third-order valence-electron chi connectivity index (χ3n) is 2.44. The maximum Gasteiger partial charge on any atom is 0.153 e. The molecule has 0 saturated carbocycles. The van der Waals surface area contributed by atoms with Crippen LogP contribution < -0.4 is 4.90 Å². The summed E-state index contributed by atoms with van der Waals surface area (Å²) in [5.41, 5.74) is 1.01. The quantitative estimate of drug-likeness (QED) is 0.777. The first-order valence-corrected chi connectivity index (χ1v) is 7.25. The van der Waals surface area contributed by atoms with E-state index in [1.54, 1.807) is 12.4 Å². The maximum atomic E-state index is 11.3. The molecule has 2 rings (SSSR count). The second-order valence-corrected chi connectivity index (χ2v) is 6.62. The third kappa shape index (κ3) is 2.49. The standard InChI is InChI=1S/C9H11BrN2O2S/c10-8-7-11-2-1-9(8)12-3-5-15(13,14)6-4-12/h1-2,7H,3-6H2. The van der Waals surface area contributed by atoms with Crippen LogP contribution in [-0.4, -0.2) is 38.0 Å². The lowest BCUT2D eigenvalue weighted by molar-refractivity contribution is 0.586. The molecule has 0 bridgehead atoms. The number of sulfone groups is 1. The van der Waals surface area contributed by atoms with Gasteiger partial charge in [0.2, 0.25) is 0 Å². The zero-order chi connectivity index (χ0) is 10.9. The van der Waals surface area contributed by atoms with Gasteiger partial charge in [-0.3, -0.25) is 4.98 Å². The molecule has 82 valence electrons. The van der Waals surface area contributed by atoms with E-state index in [0.29, 0.717) is 13.1 Å². The first-order valence-electron chi connectivity index (χ1n) is 4.63. The summed E-state index contributed by atoms with van der Waals surface area (Å²) in [7, 11) is -2.81. The number of hydrogen-bond donors (Lipinski definition) is 0. The molecule has 1 aliphatic heterocycles. The van der Waals surface area contributed by atoms with Crippen molar-refractivity contribution in [2.24, 2.45) is 0 Å². The Morgan fingerprint density at radius 3 is 2.60 bits per heavy atom. The number of nitrogens with zero attached hydrogens (tertiary/aromatic N) is 2. The summed E-state index contributed by atoms with van der Waals surface area (Å²) >= 11 is 3.41. The summed E-state index contributed by atoms with van der Waals surface area (Å²) < 4.78 is 23.4. The van der Waals surface area contributed by atoms with Gasteiger partial charge in [0.05, 0.1) is 21.7 Å². The minimum Gasteiger partial charge on any atom is -0.368 e. The highest BCUT2D eigenvalue weighted by Gasteiger charge is 2.22. The van der Waals surface area contributed by atoms with Crippen molar-refractivity contribution in [2.75, 3.05) is 29.5 Å². The first-order chi connectivity index (χ1) is 7.08. The van der Waals surface area contributed by atoms with Crippen molar-refractivity contribution in [1.29, 1.82) is 0 Å². The van der Waals surface area contributed by atoms with Gasteiger partial charge in [-0.15, -0.1) is 0 Å². The van der Waals surface area contributed by atoms with E-state index in [2.05, 4.69) is 25.8 Å². The van der Waals surface area contributed by atoms with E-state index in [0.717, 1.165) is 10.2 Å². The van der Waals surface area contributed by atoms with Gasteiger partial charge in [0.1, 0.15) is 0 Å². The van der Waals surface area contributed by atoms with Gasteiger partial charge in [-0.2, -0.15) is 0 Å². The third-order valence-corrected chi connectivity index (χ3v) is 4.66. The topological polar surface area (TPSA) is 50.3 Å². The lowest BCUT2D eigenvalue weighted by Gasteiger charge is -2.29. The molecule has 0 atom stereocenters. The van der Waals surface area contributed by atoms with Crippen LogP contribution in [0.4, 0.5) is 5.69 Å². The van der Waals surface area contributed by atoms with Crippen LogP contribution in [0, 0.1) is 0 Å². The zero-order valence-electron chi connectivity index (χ0n) is 8.06. The van der Waals surface area contributed by atoms with Gasteiger partial charge in [0, 0.05) is 25.5 Å². The van der Waals surface area contributed by atoms with E-state index in [1.165, 1.54) is 0 Å². The normalized spacial score (nSPS) is 20.2. The van der Waals surface area contributed by atoms with E-state index in [1.807, 2.05) is 6.07 Å². The van der Waals surface area contributed by atoms with Crippen LogP contribution in [0.15, 0.2) is 22.9 Å². The summed E-state index contributed by atoms with van der Waals surface area (Å²) in [6.45, 7) is 1.12. The van der Waals surface area contributed by atoms with Crippen molar-refractivity contribution in [2.45, 2.75) is 0 Å². The fourth-order valence-electron chi connectivity index (χ4n) is 1.58. The van der Waals surface area contributed by atoms with Crippen molar-refractivity contribution >= 4 is 31.5 Å². The zero-order valence-corrected chi connectivity index (χ0v) is 10.5. The average Bonchev–Trinajstić information content (AvgIpc) is 2.19. The molecule has 0 aromatic carbocycles. The van der Waals surface area contributed by atoms with Crippen LogP contribution in [0.25, 0.3) is 0 Å². The van der Waals surface area contributed by atoms with E-state index >= 15 is 0 Å². The Kier molecular flexibility index (Phi) is 2.97. The second-order valence-electron chi connectivity index (χ2n) is 3.47. The number of pyridine rings is 1. The highest BCUT2D eigenvalue weighted by molar-refractivity contribution is 9.10. The molecule has 1 aromatic heterocycles. The number of halogens is 1. The van der Waals surface area contributed by atoms with Crippen molar-refractivity contribution < 1.29 is 8.42 Å². The Hall–Kier alpha value is -0.620. The smallest absolute Gasteiger partial charge is 0.153 e. The second kappa shape index (κ2) is 4.09. The largest absolute Gasteiger partial charge is 0.368 e. The highest BCUT2D eigenvalue weighted by atomic mass is 79.9. The Balaban J connectivity index is 2.18. The van der Waals surface area contributed by atoms with Crippen molar-refractivity contribution in [3.8, 4) is 0 Å². The predicted octanol–water partition coefficient (Wildman–Crippen LogP) is 1.08. The van der Waals surface area contributed by atoms with Crippen molar-refractivity contribution in [1.82, 2.24) is 4.98 Å². The van der Waals surface area contributed by atoms with Gasteiger partial charge in [0.25, 0.3) is 0 Å². The van der Waals surface area contributed by atoms with Gasteiger partial charge >= 0.3 is 0 Å². The van der Waals surface area contributed by atoms with Crippen LogP contribution in [-0.2, 0) is 9.84 Å². The van der Waals surface area contributed by atoms with E-state index < -0.39 is 9.84 Å². The molecular weight excluding hydrogens is 280 g/mol. The van der Waals surface area contributed by atoms with Crippen molar-refractivity contribution in [3.63, 3.8) is 0 Å². The molecule has 6 heteroatoms. The van der Waals surface area contributed by atoms with Crippen LogP contribution in [0.2, 0.25) is 0 Å². The Bertz CT molecular complexity index is 447. The van der Waals surface area contributed by atoms with Crippen LogP contribution in [0.5, 0.6) is 0 Å². The Labute approximate surface area is 97.4 Å². The lowest BCUT2D eigenvalue weighted by Crippen LogP contribution is -2.40.